The molecule has 0 radical (unpaired) electrons. The zero-order valence-electron chi connectivity index (χ0n) is 11.8. The number of rotatable bonds is 9. The molecule has 0 bridgehead atoms. The van der Waals surface area contributed by atoms with Crippen LogP contribution in [0.3, 0.4) is 0 Å². The van der Waals surface area contributed by atoms with E-state index >= 15 is 0 Å². The van der Waals surface area contributed by atoms with E-state index in [0.717, 1.165) is 19.1 Å². The summed E-state index contributed by atoms with van der Waals surface area (Å²) in [6.45, 7) is 6.64. The minimum absolute atomic E-state index is 0.351. The molecule has 0 spiro atoms. The summed E-state index contributed by atoms with van der Waals surface area (Å²) in [5.41, 5.74) is 5.00. The molecule has 1 atom stereocenters. The largest absolute Gasteiger partial charge is 0.465 e. The lowest BCUT2D eigenvalue weighted by atomic mass is 10.0. The van der Waals surface area contributed by atoms with Crippen LogP contribution in [0.2, 0.25) is 0 Å². The molecule has 5 nitrogen and oxygen atoms in total. The summed E-state index contributed by atoms with van der Waals surface area (Å²) in [4.78, 5) is 13.6. The third-order valence-corrected chi connectivity index (χ3v) is 3.01. The van der Waals surface area contributed by atoms with Crippen LogP contribution in [0, 0.1) is 5.92 Å². The van der Waals surface area contributed by atoms with E-state index in [-0.39, 0.29) is 5.97 Å². The molecule has 0 aromatic heterocycles. The molecule has 0 saturated heterocycles. The van der Waals surface area contributed by atoms with E-state index in [9.17, 15) is 4.79 Å². The first-order chi connectivity index (χ1) is 8.45. The first-order valence-electron chi connectivity index (χ1n) is 6.68. The molecule has 1 aliphatic carbocycles. The number of likely N-dealkylation sites (N-methyl/N-ethyl adjacent to an activating group) is 1. The highest BCUT2D eigenvalue weighted by atomic mass is 16.5. The van der Waals surface area contributed by atoms with Crippen molar-refractivity contribution in [2.24, 2.45) is 11.7 Å². The SMILES string of the molecule is CCOC(=O)C(C)(N)CN(C)CCOCC1CC1. The molecule has 18 heavy (non-hydrogen) atoms. The van der Waals surface area contributed by atoms with Crippen molar-refractivity contribution < 1.29 is 14.3 Å². The fourth-order valence-corrected chi connectivity index (χ4v) is 1.76. The molecule has 0 aromatic carbocycles. The molecule has 2 N–H and O–H groups in total. The lowest BCUT2D eigenvalue weighted by Crippen LogP contribution is -2.54. The van der Waals surface area contributed by atoms with Crippen LogP contribution in [-0.4, -0.2) is 56.4 Å². The number of nitrogens with zero attached hydrogens (tertiary/aromatic N) is 1. The summed E-state index contributed by atoms with van der Waals surface area (Å²) in [5, 5.41) is 0. The first kappa shape index (κ1) is 15.4. The van der Waals surface area contributed by atoms with E-state index in [1.54, 1.807) is 13.8 Å². The number of hydrogen-bond acceptors (Lipinski definition) is 5. The van der Waals surface area contributed by atoms with Gasteiger partial charge in [-0.15, -0.1) is 0 Å². The summed E-state index contributed by atoms with van der Waals surface area (Å²) in [7, 11) is 1.94. The molecule has 106 valence electrons. The minimum Gasteiger partial charge on any atom is -0.465 e. The van der Waals surface area contributed by atoms with Crippen LogP contribution in [-0.2, 0) is 14.3 Å². The van der Waals surface area contributed by atoms with Gasteiger partial charge in [-0.05, 0) is 39.7 Å². The van der Waals surface area contributed by atoms with Gasteiger partial charge in [-0.3, -0.25) is 4.79 Å². The van der Waals surface area contributed by atoms with Gasteiger partial charge in [-0.2, -0.15) is 0 Å². The molecule has 0 amide bonds. The van der Waals surface area contributed by atoms with E-state index < -0.39 is 5.54 Å². The molecule has 0 heterocycles. The fraction of sp³-hybridized carbons (Fsp3) is 0.923. The highest BCUT2D eigenvalue weighted by molar-refractivity contribution is 5.80. The van der Waals surface area contributed by atoms with Crippen molar-refractivity contribution in [2.75, 3.05) is 40.0 Å². The summed E-state index contributed by atoms with van der Waals surface area (Å²) < 4.78 is 10.5. The second-order valence-electron chi connectivity index (χ2n) is 5.39. The maximum atomic E-state index is 11.6. The van der Waals surface area contributed by atoms with Gasteiger partial charge in [0.15, 0.2) is 0 Å². The second-order valence-corrected chi connectivity index (χ2v) is 5.39. The number of nitrogens with two attached hydrogens (primary N) is 1. The van der Waals surface area contributed by atoms with Crippen LogP contribution < -0.4 is 5.73 Å². The third-order valence-electron chi connectivity index (χ3n) is 3.01. The van der Waals surface area contributed by atoms with Gasteiger partial charge in [-0.1, -0.05) is 0 Å². The maximum Gasteiger partial charge on any atom is 0.327 e. The Bertz CT molecular complexity index is 265. The summed E-state index contributed by atoms with van der Waals surface area (Å²) >= 11 is 0. The topological polar surface area (TPSA) is 64.8 Å². The van der Waals surface area contributed by atoms with E-state index in [1.807, 2.05) is 11.9 Å². The Hall–Kier alpha value is -0.650. The Morgan fingerprint density at radius 2 is 2.17 bits per heavy atom. The van der Waals surface area contributed by atoms with Crippen LogP contribution in [0.1, 0.15) is 26.7 Å². The van der Waals surface area contributed by atoms with Gasteiger partial charge in [0, 0.05) is 19.7 Å². The monoisotopic (exact) mass is 258 g/mol. The Morgan fingerprint density at radius 1 is 1.50 bits per heavy atom. The maximum absolute atomic E-state index is 11.6. The molecule has 1 aliphatic rings. The van der Waals surface area contributed by atoms with E-state index in [4.69, 9.17) is 15.2 Å². The Kier molecular flexibility index (Phi) is 6.05. The van der Waals surface area contributed by atoms with Crippen LogP contribution in [0.15, 0.2) is 0 Å². The molecule has 1 unspecified atom stereocenters. The first-order valence-corrected chi connectivity index (χ1v) is 6.68. The van der Waals surface area contributed by atoms with Gasteiger partial charge in [0.1, 0.15) is 5.54 Å². The van der Waals surface area contributed by atoms with Crippen molar-refractivity contribution in [3.05, 3.63) is 0 Å². The lowest BCUT2D eigenvalue weighted by molar-refractivity contribution is -0.149. The van der Waals surface area contributed by atoms with Crippen LogP contribution in [0.4, 0.5) is 0 Å². The average Bonchev–Trinajstić information content (AvgIpc) is 3.08. The standard InChI is InChI=1S/C13H26N2O3/c1-4-18-12(16)13(2,14)10-15(3)7-8-17-9-11-5-6-11/h11H,4-10,14H2,1-3H3. The molecule has 5 heteroatoms. The molecular weight excluding hydrogens is 232 g/mol. The number of esters is 1. The predicted molar refractivity (Wildman–Crippen MR) is 70.3 cm³/mol. The van der Waals surface area contributed by atoms with E-state index in [1.165, 1.54) is 12.8 Å². The van der Waals surface area contributed by atoms with Gasteiger partial charge >= 0.3 is 5.97 Å². The van der Waals surface area contributed by atoms with E-state index in [2.05, 4.69) is 0 Å². The van der Waals surface area contributed by atoms with Gasteiger partial charge in [0.2, 0.25) is 0 Å². The Labute approximate surface area is 110 Å². The highest BCUT2D eigenvalue weighted by Crippen LogP contribution is 2.28. The molecule has 1 saturated carbocycles. The molecule has 1 fully saturated rings. The quantitative estimate of drug-likeness (QED) is 0.485. The van der Waals surface area contributed by atoms with Crippen LogP contribution in [0.5, 0.6) is 0 Å². The molecular formula is C13H26N2O3. The smallest absolute Gasteiger partial charge is 0.327 e. The van der Waals surface area contributed by atoms with Crippen molar-refractivity contribution >= 4 is 5.97 Å². The fourth-order valence-electron chi connectivity index (χ4n) is 1.76. The van der Waals surface area contributed by atoms with Crippen LogP contribution >= 0.6 is 0 Å². The highest BCUT2D eigenvalue weighted by Gasteiger charge is 2.31. The minimum atomic E-state index is -0.957. The van der Waals surface area contributed by atoms with Gasteiger partial charge in [-0.25, -0.2) is 0 Å². The summed E-state index contributed by atoms with van der Waals surface area (Å²) in [6.07, 6.45) is 2.61. The molecule has 0 aromatic rings. The third kappa shape index (κ3) is 5.80. The normalized spacial score (nSPS) is 18.7. The summed E-state index contributed by atoms with van der Waals surface area (Å²) in [5.74, 6) is 0.436. The van der Waals surface area contributed by atoms with Gasteiger partial charge in [0.25, 0.3) is 0 Å². The molecule has 1 rings (SSSR count). The van der Waals surface area contributed by atoms with Gasteiger partial charge < -0.3 is 20.1 Å². The zero-order valence-corrected chi connectivity index (χ0v) is 11.8. The average molecular weight is 258 g/mol. The number of hydrogen-bond donors (Lipinski definition) is 1. The van der Waals surface area contributed by atoms with Crippen molar-refractivity contribution in [3.63, 3.8) is 0 Å². The Morgan fingerprint density at radius 3 is 2.72 bits per heavy atom. The molecule has 0 aliphatic heterocycles. The predicted octanol–water partition coefficient (Wildman–Crippen LogP) is 0.625. The number of carbonyl (C=O) groups excluding carboxylic acids is 1. The van der Waals surface area contributed by atoms with E-state index in [0.29, 0.717) is 19.8 Å². The number of ether oxygens (including phenoxy) is 2. The van der Waals surface area contributed by atoms with Gasteiger partial charge in [0.05, 0.1) is 13.2 Å². The van der Waals surface area contributed by atoms with Crippen molar-refractivity contribution in [1.82, 2.24) is 4.90 Å². The lowest BCUT2D eigenvalue weighted by Gasteiger charge is -2.28. The van der Waals surface area contributed by atoms with Crippen molar-refractivity contribution in [3.8, 4) is 0 Å². The van der Waals surface area contributed by atoms with Crippen LogP contribution in [0.25, 0.3) is 0 Å². The number of carbonyl (C=O) groups is 1. The second kappa shape index (κ2) is 7.07. The van der Waals surface area contributed by atoms with Crippen molar-refractivity contribution in [1.29, 1.82) is 0 Å². The van der Waals surface area contributed by atoms with Crippen molar-refractivity contribution in [2.45, 2.75) is 32.2 Å². The Balaban J connectivity index is 2.15. The summed E-state index contributed by atoms with van der Waals surface area (Å²) in [6, 6.07) is 0. The zero-order chi connectivity index (χ0) is 13.6.